The normalized spacial score (nSPS) is 10.2. The summed E-state index contributed by atoms with van der Waals surface area (Å²) < 4.78 is 10.3. The minimum absolute atomic E-state index is 0.0780. The lowest BCUT2D eigenvalue weighted by Crippen LogP contribution is -2.16. The van der Waals surface area contributed by atoms with Crippen molar-refractivity contribution >= 4 is 17.6 Å². The first-order valence-corrected chi connectivity index (χ1v) is 7.25. The van der Waals surface area contributed by atoms with Gasteiger partial charge in [0, 0.05) is 17.7 Å². The van der Waals surface area contributed by atoms with Gasteiger partial charge in [-0.25, -0.2) is 4.79 Å². The first-order chi connectivity index (χ1) is 11.4. The highest BCUT2D eigenvalue weighted by Gasteiger charge is 2.19. The van der Waals surface area contributed by atoms with E-state index in [0.717, 1.165) is 11.1 Å². The average molecular weight is 329 g/mol. The number of rotatable bonds is 5. The van der Waals surface area contributed by atoms with E-state index in [2.05, 4.69) is 5.32 Å². The van der Waals surface area contributed by atoms with Crippen LogP contribution in [0.4, 0.5) is 5.69 Å². The summed E-state index contributed by atoms with van der Waals surface area (Å²) in [6, 6.07) is 8.18. The lowest BCUT2D eigenvalue weighted by Gasteiger charge is -2.14. The summed E-state index contributed by atoms with van der Waals surface area (Å²) in [6.07, 6.45) is 0. The Hall–Kier alpha value is -3.02. The van der Waals surface area contributed by atoms with Crippen LogP contribution >= 0.6 is 0 Å². The molecule has 0 radical (unpaired) electrons. The molecule has 0 aliphatic heterocycles. The van der Waals surface area contributed by atoms with Crippen LogP contribution in [0.5, 0.6) is 11.5 Å². The van der Waals surface area contributed by atoms with Gasteiger partial charge in [-0.3, -0.25) is 4.79 Å². The molecule has 126 valence electrons. The van der Waals surface area contributed by atoms with Crippen LogP contribution < -0.4 is 14.8 Å². The number of aryl methyl sites for hydroxylation is 2. The molecule has 1 amide bonds. The number of amides is 1. The average Bonchev–Trinajstić information content (AvgIpc) is 2.53. The smallest absolute Gasteiger partial charge is 0.337 e. The van der Waals surface area contributed by atoms with E-state index >= 15 is 0 Å². The van der Waals surface area contributed by atoms with Crippen molar-refractivity contribution in [3.05, 3.63) is 52.6 Å². The van der Waals surface area contributed by atoms with Gasteiger partial charge in [0.25, 0.3) is 5.91 Å². The van der Waals surface area contributed by atoms with Gasteiger partial charge >= 0.3 is 5.97 Å². The highest BCUT2D eigenvalue weighted by Crippen LogP contribution is 2.33. The van der Waals surface area contributed by atoms with Crippen LogP contribution in [-0.2, 0) is 0 Å². The summed E-state index contributed by atoms with van der Waals surface area (Å²) in [4.78, 5) is 24.0. The number of carbonyl (C=O) groups excluding carboxylic acids is 1. The third-order valence-corrected chi connectivity index (χ3v) is 3.63. The number of carboxylic acids is 1. The second-order valence-corrected chi connectivity index (χ2v) is 5.33. The number of hydrogen-bond donors (Lipinski definition) is 2. The van der Waals surface area contributed by atoms with Crippen molar-refractivity contribution in [3.63, 3.8) is 0 Å². The molecule has 0 saturated carbocycles. The van der Waals surface area contributed by atoms with Crippen LogP contribution in [0, 0.1) is 13.8 Å². The minimum Gasteiger partial charge on any atom is -0.493 e. The van der Waals surface area contributed by atoms with Crippen molar-refractivity contribution in [3.8, 4) is 11.5 Å². The Balaban J connectivity index is 2.44. The Morgan fingerprint density at radius 3 is 2.12 bits per heavy atom. The number of carbonyl (C=O) groups is 2. The fourth-order valence-corrected chi connectivity index (χ4v) is 2.42. The molecule has 2 aromatic carbocycles. The number of hydrogen-bond acceptors (Lipinski definition) is 4. The summed E-state index contributed by atoms with van der Waals surface area (Å²) in [7, 11) is 2.85. The zero-order valence-electron chi connectivity index (χ0n) is 14.0. The molecule has 0 aromatic heterocycles. The molecule has 0 atom stereocenters. The van der Waals surface area contributed by atoms with E-state index in [1.807, 2.05) is 26.0 Å². The third kappa shape index (κ3) is 3.48. The highest BCUT2D eigenvalue weighted by atomic mass is 16.5. The summed E-state index contributed by atoms with van der Waals surface area (Å²) in [5, 5.41) is 12.0. The van der Waals surface area contributed by atoms with Crippen molar-refractivity contribution in [2.75, 3.05) is 19.5 Å². The Labute approximate surface area is 140 Å². The molecule has 24 heavy (non-hydrogen) atoms. The van der Waals surface area contributed by atoms with Crippen molar-refractivity contribution in [1.82, 2.24) is 0 Å². The van der Waals surface area contributed by atoms with Crippen LogP contribution in [-0.4, -0.2) is 31.2 Å². The Kier molecular flexibility index (Phi) is 5.08. The van der Waals surface area contributed by atoms with Crippen molar-refractivity contribution in [1.29, 1.82) is 0 Å². The van der Waals surface area contributed by atoms with Gasteiger partial charge in [-0.2, -0.15) is 0 Å². The Bertz CT molecular complexity index is 798. The molecule has 0 heterocycles. The van der Waals surface area contributed by atoms with E-state index in [1.54, 1.807) is 6.07 Å². The second-order valence-electron chi connectivity index (χ2n) is 5.33. The largest absolute Gasteiger partial charge is 0.493 e. The fourth-order valence-electron chi connectivity index (χ4n) is 2.42. The predicted molar refractivity (Wildman–Crippen MR) is 90.4 cm³/mol. The van der Waals surface area contributed by atoms with Crippen molar-refractivity contribution < 1.29 is 24.2 Å². The van der Waals surface area contributed by atoms with Crippen LogP contribution in [0.25, 0.3) is 0 Å². The minimum atomic E-state index is -1.17. The number of methoxy groups -OCH3 is 2. The van der Waals surface area contributed by atoms with Crippen LogP contribution in [0.3, 0.4) is 0 Å². The molecule has 0 saturated heterocycles. The van der Waals surface area contributed by atoms with Gasteiger partial charge in [0.2, 0.25) is 0 Å². The molecule has 0 spiro atoms. The van der Waals surface area contributed by atoms with Crippen molar-refractivity contribution in [2.45, 2.75) is 13.8 Å². The molecule has 2 rings (SSSR count). The number of aromatic carboxylic acids is 1. The Morgan fingerprint density at radius 1 is 0.958 bits per heavy atom. The molecule has 0 unspecified atom stereocenters. The van der Waals surface area contributed by atoms with E-state index < -0.39 is 5.97 Å². The first kappa shape index (κ1) is 17.3. The predicted octanol–water partition coefficient (Wildman–Crippen LogP) is 3.27. The summed E-state index contributed by atoms with van der Waals surface area (Å²) >= 11 is 0. The number of anilines is 1. The number of ether oxygens (including phenoxy) is 2. The van der Waals surface area contributed by atoms with Gasteiger partial charge in [-0.15, -0.1) is 0 Å². The SMILES string of the molecule is COc1cc(NC(=O)c2ccc(C)cc2C)c(C(=O)O)cc1OC. The summed E-state index contributed by atoms with van der Waals surface area (Å²) in [6.45, 7) is 3.76. The summed E-state index contributed by atoms with van der Waals surface area (Å²) in [5.74, 6) is -0.952. The van der Waals surface area contributed by atoms with Gasteiger partial charge < -0.3 is 19.9 Å². The van der Waals surface area contributed by atoms with Gasteiger partial charge in [0.1, 0.15) is 0 Å². The molecule has 6 heteroatoms. The second kappa shape index (κ2) is 7.04. The van der Waals surface area contributed by atoms with Gasteiger partial charge in [0.15, 0.2) is 11.5 Å². The maximum Gasteiger partial charge on any atom is 0.337 e. The van der Waals surface area contributed by atoms with Crippen molar-refractivity contribution in [2.24, 2.45) is 0 Å². The standard InChI is InChI=1S/C18H19NO5/c1-10-5-6-12(11(2)7-10)17(20)19-14-9-16(24-4)15(23-3)8-13(14)18(21)22/h5-9H,1-4H3,(H,19,20)(H,21,22). The Morgan fingerprint density at radius 2 is 1.58 bits per heavy atom. The van der Waals surface area contributed by atoms with Crippen LogP contribution in [0.2, 0.25) is 0 Å². The topological polar surface area (TPSA) is 84.9 Å². The zero-order valence-corrected chi connectivity index (χ0v) is 14.0. The molecular weight excluding hydrogens is 310 g/mol. The van der Waals surface area contributed by atoms with E-state index in [4.69, 9.17) is 9.47 Å². The molecular formula is C18H19NO5. The quantitative estimate of drug-likeness (QED) is 0.879. The maximum atomic E-state index is 12.5. The molecule has 2 N–H and O–H groups in total. The number of nitrogens with one attached hydrogen (secondary N) is 1. The number of benzene rings is 2. The van der Waals surface area contributed by atoms with Crippen LogP contribution in [0.15, 0.2) is 30.3 Å². The maximum absolute atomic E-state index is 12.5. The fraction of sp³-hybridized carbons (Fsp3) is 0.222. The molecule has 0 aliphatic rings. The van der Waals surface area contributed by atoms with Gasteiger partial charge in [-0.05, 0) is 25.5 Å². The molecule has 2 aromatic rings. The molecule has 6 nitrogen and oxygen atoms in total. The third-order valence-electron chi connectivity index (χ3n) is 3.63. The highest BCUT2D eigenvalue weighted by molar-refractivity contribution is 6.08. The number of carboxylic acid groups (broad SMARTS) is 1. The van der Waals surface area contributed by atoms with Crippen LogP contribution in [0.1, 0.15) is 31.8 Å². The van der Waals surface area contributed by atoms with Gasteiger partial charge in [0.05, 0.1) is 25.5 Å². The molecule has 0 fully saturated rings. The molecule has 0 bridgehead atoms. The van der Waals surface area contributed by atoms with E-state index in [0.29, 0.717) is 11.3 Å². The van der Waals surface area contributed by atoms with E-state index in [-0.39, 0.29) is 22.9 Å². The van der Waals surface area contributed by atoms with Gasteiger partial charge in [-0.1, -0.05) is 17.7 Å². The monoisotopic (exact) mass is 329 g/mol. The lowest BCUT2D eigenvalue weighted by atomic mass is 10.0. The summed E-state index contributed by atoms with van der Waals surface area (Å²) in [5.41, 5.74) is 2.40. The lowest BCUT2D eigenvalue weighted by molar-refractivity contribution is 0.0697. The zero-order chi connectivity index (χ0) is 17.9. The van der Waals surface area contributed by atoms with E-state index in [9.17, 15) is 14.7 Å². The van der Waals surface area contributed by atoms with E-state index in [1.165, 1.54) is 26.4 Å². The first-order valence-electron chi connectivity index (χ1n) is 7.25. The molecule has 0 aliphatic carbocycles.